The molecule has 1 N–H and O–H groups in total. The Hall–Kier alpha value is -3.44. The molecule has 0 fully saturated rings. The first-order chi connectivity index (χ1) is 14.6. The third-order valence-electron chi connectivity index (χ3n) is 4.95. The van der Waals surface area contributed by atoms with Crippen LogP contribution in [0.4, 0.5) is 5.00 Å². The van der Waals surface area contributed by atoms with Crippen molar-refractivity contribution in [3.8, 4) is 17.5 Å². The van der Waals surface area contributed by atoms with Crippen LogP contribution in [0.5, 0.6) is 5.75 Å². The molecule has 1 amide bonds. The molecule has 4 rings (SSSR count). The maximum Gasteiger partial charge on any atom is 0.280 e. The quantitative estimate of drug-likeness (QED) is 0.679. The molecule has 0 saturated carbocycles. The van der Waals surface area contributed by atoms with Crippen LogP contribution in [0.25, 0.3) is 5.69 Å². The van der Waals surface area contributed by atoms with Crippen molar-refractivity contribution in [3.05, 3.63) is 68.4 Å². The van der Waals surface area contributed by atoms with Gasteiger partial charge in [-0.2, -0.15) is 10.4 Å². The Morgan fingerprint density at radius 1 is 1.27 bits per heavy atom. The molecule has 7 nitrogen and oxygen atoms in total. The molecule has 0 radical (unpaired) electrons. The second kappa shape index (κ2) is 8.51. The molecule has 2 aromatic heterocycles. The van der Waals surface area contributed by atoms with Crippen molar-refractivity contribution >= 4 is 22.2 Å². The van der Waals surface area contributed by atoms with E-state index in [9.17, 15) is 14.9 Å². The molecule has 1 aromatic carbocycles. The first-order valence-corrected chi connectivity index (χ1v) is 10.6. The van der Waals surface area contributed by atoms with Crippen LogP contribution >= 0.6 is 11.3 Å². The predicted molar refractivity (Wildman–Crippen MR) is 115 cm³/mol. The van der Waals surface area contributed by atoms with Crippen molar-refractivity contribution in [2.45, 2.75) is 32.6 Å². The molecular weight excluding hydrogens is 400 g/mol. The van der Waals surface area contributed by atoms with E-state index in [1.54, 1.807) is 24.3 Å². The topological polar surface area (TPSA) is 97.0 Å². The Labute approximate surface area is 177 Å². The fourth-order valence-electron chi connectivity index (χ4n) is 3.51. The van der Waals surface area contributed by atoms with Gasteiger partial charge in [0.1, 0.15) is 16.8 Å². The van der Waals surface area contributed by atoms with Gasteiger partial charge in [-0.15, -0.1) is 11.3 Å². The monoisotopic (exact) mass is 420 g/mol. The number of carbonyl (C=O) groups excluding carboxylic acids is 1. The average Bonchev–Trinajstić information content (AvgIpc) is 3.11. The lowest BCUT2D eigenvalue weighted by Crippen LogP contribution is -2.25. The van der Waals surface area contributed by atoms with Crippen molar-refractivity contribution in [1.82, 2.24) is 9.78 Å². The summed E-state index contributed by atoms with van der Waals surface area (Å²) in [5.74, 6) is 0.112. The summed E-state index contributed by atoms with van der Waals surface area (Å²) < 4.78 is 6.90. The minimum atomic E-state index is -0.615. The lowest BCUT2D eigenvalue weighted by Gasteiger charge is -2.09. The first kappa shape index (κ1) is 19.9. The summed E-state index contributed by atoms with van der Waals surface area (Å²) in [5, 5.41) is 17.0. The average molecular weight is 420 g/mol. The minimum absolute atomic E-state index is 0.221. The lowest BCUT2D eigenvalue weighted by molar-refractivity contribution is 0.102. The summed E-state index contributed by atoms with van der Waals surface area (Å²) in [6.07, 6.45) is 5.40. The number of nitrogens with zero attached hydrogens (tertiary/aromatic N) is 3. The van der Waals surface area contributed by atoms with Crippen LogP contribution in [0.15, 0.2) is 41.3 Å². The van der Waals surface area contributed by atoms with Gasteiger partial charge in [-0.3, -0.25) is 9.59 Å². The second-order valence-corrected chi connectivity index (χ2v) is 7.99. The van der Waals surface area contributed by atoms with E-state index in [1.807, 2.05) is 6.92 Å². The molecular formula is C22H20N4O3S. The maximum absolute atomic E-state index is 12.8. The first-order valence-electron chi connectivity index (χ1n) is 9.80. The van der Waals surface area contributed by atoms with Gasteiger partial charge in [0.2, 0.25) is 5.43 Å². The van der Waals surface area contributed by atoms with Crippen LogP contribution in [0.2, 0.25) is 0 Å². The van der Waals surface area contributed by atoms with Crippen LogP contribution in [0, 0.1) is 11.3 Å². The zero-order valence-electron chi connectivity index (χ0n) is 16.5. The van der Waals surface area contributed by atoms with Gasteiger partial charge >= 0.3 is 0 Å². The number of carbonyl (C=O) groups is 1. The van der Waals surface area contributed by atoms with E-state index < -0.39 is 11.3 Å². The summed E-state index contributed by atoms with van der Waals surface area (Å²) in [7, 11) is 0. The number of rotatable bonds is 5. The van der Waals surface area contributed by atoms with Gasteiger partial charge in [0.25, 0.3) is 5.91 Å². The van der Waals surface area contributed by atoms with Crippen LogP contribution in [0.3, 0.4) is 0 Å². The zero-order valence-corrected chi connectivity index (χ0v) is 17.3. The summed E-state index contributed by atoms with van der Waals surface area (Å²) in [6, 6.07) is 10.7. The van der Waals surface area contributed by atoms with Gasteiger partial charge in [0.05, 0.1) is 17.9 Å². The number of hydrogen-bond acceptors (Lipinski definition) is 6. The molecule has 8 heteroatoms. The lowest BCUT2D eigenvalue weighted by atomic mass is 9.96. The highest BCUT2D eigenvalue weighted by atomic mass is 32.1. The normalized spacial score (nSPS) is 12.7. The van der Waals surface area contributed by atoms with Crippen molar-refractivity contribution in [1.29, 1.82) is 5.26 Å². The summed E-state index contributed by atoms with van der Waals surface area (Å²) in [6.45, 7) is 2.47. The summed E-state index contributed by atoms with van der Waals surface area (Å²) >= 11 is 1.42. The molecule has 0 spiro atoms. The fraction of sp³-hybridized carbons (Fsp3) is 0.273. The highest BCUT2D eigenvalue weighted by molar-refractivity contribution is 7.16. The number of aromatic nitrogens is 2. The van der Waals surface area contributed by atoms with Crippen LogP contribution in [0.1, 0.15) is 46.3 Å². The third kappa shape index (κ3) is 3.84. The molecule has 152 valence electrons. The van der Waals surface area contributed by atoms with E-state index in [2.05, 4.69) is 16.5 Å². The van der Waals surface area contributed by atoms with E-state index in [-0.39, 0.29) is 5.69 Å². The molecule has 0 atom stereocenters. The van der Waals surface area contributed by atoms with Crippen LogP contribution < -0.4 is 15.5 Å². The van der Waals surface area contributed by atoms with Crippen LogP contribution in [-0.4, -0.2) is 22.3 Å². The summed E-state index contributed by atoms with van der Waals surface area (Å²) in [5.41, 5.74) is 1.52. The number of benzene rings is 1. The number of amides is 1. The number of thiophene rings is 1. The molecule has 0 aliphatic heterocycles. The Kier molecular flexibility index (Phi) is 5.63. The van der Waals surface area contributed by atoms with Gasteiger partial charge in [-0.05, 0) is 62.4 Å². The third-order valence-corrected chi connectivity index (χ3v) is 6.15. The molecule has 0 saturated heterocycles. The smallest absolute Gasteiger partial charge is 0.280 e. The van der Waals surface area contributed by atoms with E-state index in [4.69, 9.17) is 4.74 Å². The number of nitrogens with one attached hydrogen (secondary N) is 1. The Morgan fingerprint density at radius 3 is 2.77 bits per heavy atom. The minimum Gasteiger partial charge on any atom is -0.494 e. The number of nitriles is 1. The van der Waals surface area contributed by atoms with E-state index >= 15 is 0 Å². The van der Waals surface area contributed by atoms with E-state index in [0.717, 1.165) is 41.9 Å². The molecule has 30 heavy (non-hydrogen) atoms. The Balaban J connectivity index is 1.62. The molecule has 0 bridgehead atoms. The molecule has 0 unspecified atom stereocenters. The number of hydrogen-bond donors (Lipinski definition) is 1. The van der Waals surface area contributed by atoms with Gasteiger partial charge < -0.3 is 10.1 Å². The van der Waals surface area contributed by atoms with Crippen LogP contribution in [-0.2, 0) is 12.8 Å². The zero-order chi connectivity index (χ0) is 21.1. The van der Waals surface area contributed by atoms with E-state index in [0.29, 0.717) is 22.9 Å². The maximum atomic E-state index is 12.8. The second-order valence-electron chi connectivity index (χ2n) is 6.88. The van der Waals surface area contributed by atoms with Crippen molar-refractivity contribution in [2.24, 2.45) is 0 Å². The van der Waals surface area contributed by atoms with Crippen molar-refractivity contribution in [3.63, 3.8) is 0 Å². The fourth-order valence-corrected chi connectivity index (χ4v) is 4.74. The number of fused-ring (bicyclic) bond motifs is 1. The predicted octanol–water partition coefficient (Wildman–Crippen LogP) is 3.70. The van der Waals surface area contributed by atoms with Gasteiger partial charge in [0.15, 0.2) is 5.69 Å². The molecule has 2 heterocycles. The van der Waals surface area contributed by atoms with Gasteiger partial charge in [-0.1, -0.05) is 0 Å². The number of anilines is 1. The number of aryl methyl sites for hydroxylation is 1. The highest BCUT2D eigenvalue weighted by Crippen LogP contribution is 2.37. The molecule has 3 aromatic rings. The SMILES string of the molecule is CCOc1ccc(-n2ccc(=O)c(C(=O)Nc3sc4c(c3C#N)CCCC4)n2)cc1. The molecule has 1 aliphatic rings. The van der Waals surface area contributed by atoms with Crippen molar-refractivity contribution in [2.75, 3.05) is 11.9 Å². The van der Waals surface area contributed by atoms with Crippen molar-refractivity contribution < 1.29 is 9.53 Å². The highest BCUT2D eigenvalue weighted by Gasteiger charge is 2.23. The standard InChI is InChI=1S/C22H20N4O3S/c1-2-29-15-9-7-14(8-10-15)26-12-11-18(27)20(25-26)21(28)24-22-17(13-23)16-5-3-4-6-19(16)30-22/h7-12H,2-6H2,1H3,(H,24,28). The molecule has 1 aliphatic carbocycles. The summed E-state index contributed by atoms with van der Waals surface area (Å²) in [4.78, 5) is 26.3. The Morgan fingerprint density at radius 2 is 2.03 bits per heavy atom. The van der Waals surface area contributed by atoms with Gasteiger partial charge in [-0.25, -0.2) is 4.68 Å². The number of ether oxygens (including phenoxy) is 1. The van der Waals surface area contributed by atoms with Gasteiger partial charge in [0, 0.05) is 17.1 Å². The largest absolute Gasteiger partial charge is 0.494 e. The van der Waals surface area contributed by atoms with E-state index in [1.165, 1.54) is 28.3 Å². The Bertz CT molecular complexity index is 1190.